The average Bonchev–Trinajstić information content (AvgIpc) is 2.46. The van der Waals surface area contributed by atoms with Gasteiger partial charge in [-0.3, -0.25) is 0 Å². The Hall–Kier alpha value is -1.22. The molecule has 2 nitrogen and oxygen atoms in total. The summed E-state index contributed by atoms with van der Waals surface area (Å²) in [5.41, 5.74) is 3.29. The van der Waals surface area contributed by atoms with Gasteiger partial charge in [0.2, 0.25) is 0 Å². The Kier molecular flexibility index (Phi) is 4.12. The standard InChI is InChI=1S/C17H17Cl2NO/c1-10-6-7-15-11(8-10)14(20-2)9-16(21-15)17-12(18)4-3-5-13(17)19/h3-8,14,16,20H,9H2,1-2H3. The van der Waals surface area contributed by atoms with Gasteiger partial charge in [0.15, 0.2) is 0 Å². The minimum absolute atomic E-state index is 0.140. The van der Waals surface area contributed by atoms with E-state index < -0.39 is 0 Å². The lowest BCUT2D eigenvalue weighted by atomic mass is 9.92. The van der Waals surface area contributed by atoms with Crippen LogP contribution in [0.4, 0.5) is 0 Å². The van der Waals surface area contributed by atoms with Gasteiger partial charge in [0.25, 0.3) is 0 Å². The summed E-state index contributed by atoms with van der Waals surface area (Å²) < 4.78 is 6.16. The Morgan fingerprint density at radius 3 is 2.52 bits per heavy atom. The second-order valence-electron chi connectivity index (χ2n) is 5.36. The number of hydrogen-bond donors (Lipinski definition) is 1. The van der Waals surface area contributed by atoms with Crippen LogP contribution in [0.3, 0.4) is 0 Å². The van der Waals surface area contributed by atoms with Gasteiger partial charge in [-0.2, -0.15) is 0 Å². The maximum atomic E-state index is 6.32. The minimum Gasteiger partial charge on any atom is -0.485 e. The molecule has 21 heavy (non-hydrogen) atoms. The van der Waals surface area contributed by atoms with E-state index in [4.69, 9.17) is 27.9 Å². The van der Waals surface area contributed by atoms with Gasteiger partial charge >= 0.3 is 0 Å². The van der Waals surface area contributed by atoms with Gasteiger partial charge in [0.05, 0.1) is 0 Å². The summed E-state index contributed by atoms with van der Waals surface area (Å²) in [4.78, 5) is 0. The molecule has 0 bridgehead atoms. The lowest BCUT2D eigenvalue weighted by Gasteiger charge is -2.33. The first-order valence-corrected chi connectivity index (χ1v) is 7.74. The number of hydrogen-bond acceptors (Lipinski definition) is 2. The molecule has 0 aromatic heterocycles. The molecular formula is C17H17Cl2NO. The summed E-state index contributed by atoms with van der Waals surface area (Å²) in [6.07, 6.45) is 0.662. The van der Waals surface area contributed by atoms with Gasteiger partial charge in [0.1, 0.15) is 11.9 Å². The van der Waals surface area contributed by atoms with Crippen molar-refractivity contribution in [2.24, 2.45) is 0 Å². The van der Waals surface area contributed by atoms with E-state index in [0.717, 1.165) is 17.7 Å². The Balaban J connectivity index is 2.03. The van der Waals surface area contributed by atoms with E-state index in [2.05, 4.69) is 24.4 Å². The summed E-state index contributed by atoms with van der Waals surface area (Å²) in [5, 5.41) is 4.66. The number of fused-ring (bicyclic) bond motifs is 1. The van der Waals surface area contributed by atoms with Crippen molar-refractivity contribution in [3.05, 3.63) is 63.1 Å². The van der Waals surface area contributed by atoms with Crippen molar-refractivity contribution in [2.75, 3.05) is 7.05 Å². The van der Waals surface area contributed by atoms with Gasteiger partial charge in [0, 0.05) is 33.6 Å². The predicted molar refractivity (Wildman–Crippen MR) is 87.4 cm³/mol. The first kappa shape index (κ1) is 14.7. The molecule has 2 atom stereocenters. The van der Waals surface area contributed by atoms with Crippen LogP contribution in [0.15, 0.2) is 36.4 Å². The molecule has 0 fully saturated rings. The maximum absolute atomic E-state index is 6.32. The third-order valence-electron chi connectivity index (χ3n) is 3.93. The third kappa shape index (κ3) is 2.76. The number of aryl methyl sites for hydroxylation is 1. The largest absolute Gasteiger partial charge is 0.485 e. The number of rotatable bonds is 2. The first-order chi connectivity index (χ1) is 10.1. The van der Waals surface area contributed by atoms with Crippen molar-refractivity contribution in [3.63, 3.8) is 0 Å². The van der Waals surface area contributed by atoms with Crippen molar-refractivity contribution < 1.29 is 4.74 Å². The van der Waals surface area contributed by atoms with Crippen molar-refractivity contribution >= 4 is 23.2 Å². The molecule has 2 unspecified atom stereocenters. The Labute approximate surface area is 135 Å². The zero-order valence-corrected chi connectivity index (χ0v) is 13.5. The highest BCUT2D eigenvalue weighted by atomic mass is 35.5. The Morgan fingerprint density at radius 2 is 1.86 bits per heavy atom. The van der Waals surface area contributed by atoms with Crippen molar-refractivity contribution in [3.8, 4) is 5.75 Å². The smallest absolute Gasteiger partial charge is 0.128 e. The fraction of sp³-hybridized carbons (Fsp3) is 0.294. The molecular weight excluding hydrogens is 305 g/mol. The van der Waals surface area contributed by atoms with Crippen LogP contribution in [0.25, 0.3) is 0 Å². The van der Waals surface area contributed by atoms with Crippen LogP contribution in [0.5, 0.6) is 5.75 Å². The molecule has 2 aromatic carbocycles. The fourth-order valence-corrected chi connectivity index (χ4v) is 3.50. The van der Waals surface area contributed by atoms with Gasteiger partial charge in [-0.1, -0.05) is 47.0 Å². The fourth-order valence-electron chi connectivity index (χ4n) is 2.86. The predicted octanol–water partition coefficient (Wildman–Crippen LogP) is 5.09. The SMILES string of the molecule is CNC1CC(c2c(Cl)cccc2Cl)Oc2ccc(C)cc21. The second kappa shape index (κ2) is 5.88. The van der Waals surface area contributed by atoms with Gasteiger partial charge in [-0.15, -0.1) is 0 Å². The monoisotopic (exact) mass is 321 g/mol. The molecule has 0 amide bonds. The van der Waals surface area contributed by atoms with Crippen molar-refractivity contribution in [2.45, 2.75) is 25.5 Å². The highest BCUT2D eigenvalue weighted by Gasteiger charge is 2.30. The number of ether oxygens (including phenoxy) is 1. The van der Waals surface area contributed by atoms with Crippen molar-refractivity contribution in [1.29, 1.82) is 0 Å². The molecule has 0 radical (unpaired) electrons. The molecule has 0 saturated carbocycles. The first-order valence-electron chi connectivity index (χ1n) is 6.98. The Morgan fingerprint density at radius 1 is 1.14 bits per heavy atom. The lowest BCUT2D eigenvalue weighted by Crippen LogP contribution is -2.27. The van der Waals surface area contributed by atoms with Crippen LogP contribution >= 0.6 is 23.2 Å². The molecule has 2 aromatic rings. The average molecular weight is 322 g/mol. The molecule has 3 rings (SSSR count). The summed E-state index contributed by atoms with van der Waals surface area (Å²) in [7, 11) is 1.97. The molecule has 1 aliphatic rings. The molecule has 110 valence electrons. The summed E-state index contributed by atoms with van der Waals surface area (Å²) in [6.45, 7) is 2.09. The summed E-state index contributed by atoms with van der Waals surface area (Å²) in [5.74, 6) is 0.896. The van der Waals surface area contributed by atoms with Crippen LogP contribution in [0.2, 0.25) is 10.0 Å². The molecule has 0 spiro atoms. The van der Waals surface area contributed by atoms with Crippen LogP contribution < -0.4 is 10.1 Å². The summed E-state index contributed by atoms with van der Waals surface area (Å²) in [6, 6.07) is 12.0. The van der Waals surface area contributed by atoms with E-state index in [1.54, 1.807) is 0 Å². The van der Waals surface area contributed by atoms with Crippen LogP contribution in [-0.2, 0) is 0 Å². The molecule has 0 aliphatic carbocycles. The topological polar surface area (TPSA) is 21.3 Å². The quantitative estimate of drug-likeness (QED) is 0.832. The van der Waals surface area contributed by atoms with E-state index >= 15 is 0 Å². The highest BCUT2D eigenvalue weighted by Crippen LogP contribution is 2.44. The van der Waals surface area contributed by atoms with Gasteiger partial charge in [-0.25, -0.2) is 0 Å². The molecule has 1 N–H and O–H groups in total. The zero-order valence-electron chi connectivity index (χ0n) is 12.0. The number of nitrogens with one attached hydrogen (secondary N) is 1. The van der Waals surface area contributed by atoms with Crippen LogP contribution in [-0.4, -0.2) is 7.05 Å². The molecule has 1 heterocycles. The van der Waals surface area contributed by atoms with Crippen molar-refractivity contribution in [1.82, 2.24) is 5.32 Å². The van der Waals surface area contributed by atoms with Crippen LogP contribution in [0, 0.1) is 6.92 Å². The normalized spacial score (nSPS) is 20.8. The minimum atomic E-state index is -0.140. The van der Waals surface area contributed by atoms with E-state index in [9.17, 15) is 0 Å². The molecule has 1 aliphatic heterocycles. The third-order valence-corrected chi connectivity index (χ3v) is 4.59. The highest BCUT2D eigenvalue weighted by molar-refractivity contribution is 6.36. The molecule has 0 saturated heterocycles. The van der Waals surface area contributed by atoms with E-state index in [0.29, 0.717) is 10.0 Å². The summed E-state index contributed by atoms with van der Waals surface area (Å²) >= 11 is 12.6. The maximum Gasteiger partial charge on any atom is 0.128 e. The van der Waals surface area contributed by atoms with Crippen LogP contribution in [0.1, 0.15) is 35.3 Å². The zero-order chi connectivity index (χ0) is 15.0. The van der Waals surface area contributed by atoms with E-state index in [1.165, 1.54) is 11.1 Å². The second-order valence-corrected chi connectivity index (χ2v) is 6.17. The number of halogens is 2. The molecule has 4 heteroatoms. The number of benzene rings is 2. The van der Waals surface area contributed by atoms with E-state index in [-0.39, 0.29) is 12.1 Å². The van der Waals surface area contributed by atoms with Gasteiger partial charge in [-0.05, 0) is 32.2 Å². The lowest BCUT2D eigenvalue weighted by molar-refractivity contribution is 0.154. The van der Waals surface area contributed by atoms with Gasteiger partial charge < -0.3 is 10.1 Å². The Bertz CT molecular complexity index is 652. The van der Waals surface area contributed by atoms with E-state index in [1.807, 2.05) is 31.3 Å².